The summed E-state index contributed by atoms with van der Waals surface area (Å²) in [5.74, 6) is 1.41. The summed E-state index contributed by atoms with van der Waals surface area (Å²) in [5.41, 5.74) is 0. The van der Waals surface area contributed by atoms with Crippen LogP contribution in [0.5, 0.6) is 0 Å². The van der Waals surface area contributed by atoms with Crippen LogP contribution in [0.4, 0.5) is 0 Å². The summed E-state index contributed by atoms with van der Waals surface area (Å²) in [5, 5.41) is 3.12. The molecule has 1 aliphatic heterocycles. The first kappa shape index (κ1) is 15.8. The molecule has 1 N–H and O–H groups in total. The maximum absolute atomic E-state index is 12.0. The molecule has 2 rings (SSSR count). The van der Waals surface area contributed by atoms with Crippen molar-refractivity contribution in [1.29, 1.82) is 0 Å². The van der Waals surface area contributed by atoms with Crippen LogP contribution in [0.3, 0.4) is 0 Å². The van der Waals surface area contributed by atoms with E-state index >= 15 is 0 Å². The third kappa shape index (κ3) is 5.06. The van der Waals surface area contributed by atoms with Crippen LogP contribution in [0, 0.1) is 11.8 Å². The van der Waals surface area contributed by atoms with Crippen molar-refractivity contribution < 1.29 is 9.53 Å². The highest BCUT2D eigenvalue weighted by Gasteiger charge is 2.24. The van der Waals surface area contributed by atoms with Gasteiger partial charge in [0.2, 0.25) is 5.91 Å². The maximum Gasteiger partial charge on any atom is 0.234 e. The molecule has 0 aromatic carbocycles. The lowest BCUT2D eigenvalue weighted by atomic mass is 9.89. The van der Waals surface area contributed by atoms with E-state index < -0.39 is 0 Å². The molecule has 1 saturated carbocycles. The Balaban J connectivity index is 1.65. The average molecular weight is 282 g/mol. The van der Waals surface area contributed by atoms with Gasteiger partial charge in [0.05, 0.1) is 19.3 Å². The predicted molar refractivity (Wildman–Crippen MR) is 80.6 cm³/mol. The minimum absolute atomic E-state index is 0.181. The number of amides is 1. The fourth-order valence-corrected chi connectivity index (χ4v) is 3.19. The van der Waals surface area contributed by atoms with E-state index in [1.807, 2.05) is 0 Å². The number of hydrogen-bond donors (Lipinski definition) is 1. The molecule has 20 heavy (non-hydrogen) atoms. The van der Waals surface area contributed by atoms with Gasteiger partial charge in [-0.3, -0.25) is 9.69 Å². The Hall–Kier alpha value is -0.610. The van der Waals surface area contributed by atoms with Gasteiger partial charge in [0.25, 0.3) is 0 Å². The maximum atomic E-state index is 12.0. The second kappa shape index (κ2) is 7.99. The van der Waals surface area contributed by atoms with Gasteiger partial charge in [-0.1, -0.05) is 33.1 Å². The highest BCUT2D eigenvalue weighted by atomic mass is 16.5. The topological polar surface area (TPSA) is 41.6 Å². The molecule has 4 nitrogen and oxygen atoms in total. The highest BCUT2D eigenvalue weighted by molar-refractivity contribution is 5.78. The average Bonchev–Trinajstić information content (AvgIpc) is 2.46. The van der Waals surface area contributed by atoms with Crippen molar-refractivity contribution in [1.82, 2.24) is 10.2 Å². The van der Waals surface area contributed by atoms with E-state index in [4.69, 9.17) is 4.74 Å². The van der Waals surface area contributed by atoms with Crippen LogP contribution in [-0.4, -0.2) is 49.7 Å². The van der Waals surface area contributed by atoms with Gasteiger partial charge >= 0.3 is 0 Å². The van der Waals surface area contributed by atoms with Gasteiger partial charge in [-0.05, 0) is 24.7 Å². The van der Waals surface area contributed by atoms with Crippen LogP contribution in [0.1, 0.15) is 46.0 Å². The van der Waals surface area contributed by atoms with Crippen molar-refractivity contribution in [3.05, 3.63) is 0 Å². The zero-order valence-corrected chi connectivity index (χ0v) is 13.1. The SMILES string of the molecule is CC(C)C1CN(CC(=O)NCC2CCCCC2)CCO1. The molecule has 2 fully saturated rings. The molecule has 0 spiro atoms. The van der Waals surface area contributed by atoms with Crippen LogP contribution in [0.15, 0.2) is 0 Å². The largest absolute Gasteiger partial charge is 0.375 e. The number of morpholine rings is 1. The predicted octanol–water partition coefficient (Wildman–Crippen LogP) is 2.04. The van der Waals surface area contributed by atoms with Crippen molar-refractivity contribution >= 4 is 5.91 Å². The van der Waals surface area contributed by atoms with Gasteiger partial charge in [-0.25, -0.2) is 0 Å². The van der Waals surface area contributed by atoms with E-state index in [0.29, 0.717) is 18.4 Å². The van der Waals surface area contributed by atoms with E-state index in [1.165, 1.54) is 32.1 Å². The number of carbonyl (C=O) groups is 1. The molecular formula is C16H30N2O2. The summed E-state index contributed by atoms with van der Waals surface area (Å²) < 4.78 is 5.73. The second-order valence-corrected chi connectivity index (χ2v) is 6.70. The summed E-state index contributed by atoms with van der Waals surface area (Å²) in [6.07, 6.45) is 6.88. The van der Waals surface area contributed by atoms with Gasteiger partial charge in [0.15, 0.2) is 0 Å². The molecule has 0 aromatic heterocycles. The van der Waals surface area contributed by atoms with Crippen LogP contribution in [0.25, 0.3) is 0 Å². The Morgan fingerprint density at radius 3 is 2.75 bits per heavy atom. The van der Waals surface area contributed by atoms with Crippen LogP contribution >= 0.6 is 0 Å². The molecule has 116 valence electrons. The minimum atomic E-state index is 0.181. The lowest BCUT2D eigenvalue weighted by molar-refractivity contribution is -0.125. The Morgan fingerprint density at radius 1 is 1.30 bits per heavy atom. The Kier molecular flexibility index (Phi) is 6.30. The van der Waals surface area contributed by atoms with Crippen LogP contribution < -0.4 is 5.32 Å². The number of nitrogens with zero attached hydrogens (tertiary/aromatic N) is 1. The summed E-state index contributed by atoms with van der Waals surface area (Å²) >= 11 is 0. The van der Waals surface area contributed by atoms with Gasteiger partial charge in [-0.2, -0.15) is 0 Å². The van der Waals surface area contributed by atoms with Crippen molar-refractivity contribution in [3.63, 3.8) is 0 Å². The molecule has 4 heteroatoms. The fraction of sp³-hybridized carbons (Fsp3) is 0.938. The molecule has 0 aromatic rings. The van der Waals surface area contributed by atoms with Crippen molar-refractivity contribution in [2.45, 2.75) is 52.1 Å². The van der Waals surface area contributed by atoms with E-state index in [-0.39, 0.29) is 12.0 Å². The van der Waals surface area contributed by atoms with Gasteiger partial charge in [-0.15, -0.1) is 0 Å². The van der Waals surface area contributed by atoms with Crippen LogP contribution in [0.2, 0.25) is 0 Å². The molecule has 1 heterocycles. The quantitative estimate of drug-likeness (QED) is 0.839. The molecule has 1 unspecified atom stereocenters. The number of hydrogen-bond acceptors (Lipinski definition) is 3. The third-order valence-electron chi connectivity index (χ3n) is 4.60. The molecule has 2 aliphatic rings. The summed E-state index contributed by atoms with van der Waals surface area (Å²) in [6, 6.07) is 0. The van der Waals surface area contributed by atoms with E-state index in [9.17, 15) is 4.79 Å². The number of rotatable bonds is 5. The molecule has 1 aliphatic carbocycles. The normalized spacial score (nSPS) is 25.9. The Morgan fingerprint density at radius 2 is 2.05 bits per heavy atom. The summed E-state index contributed by atoms with van der Waals surface area (Å²) in [4.78, 5) is 14.3. The molecule has 0 radical (unpaired) electrons. The monoisotopic (exact) mass is 282 g/mol. The molecule has 1 atom stereocenters. The van der Waals surface area contributed by atoms with Crippen molar-refractivity contribution in [2.24, 2.45) is 11.8 Å². The Bertz CT molecular complexity index is 301. The number of ether oxygens (including phenoxy) is 1. The van der Waals surface area contributed by atoms with Crippen molar-refractivity contribution in [2.75, 3.05) is 32.8 Å². The van der Waals surface area contributed by atoms with E-state index in [1.54, 1.807) is 0 Å². The van der Waals surface area contributed by atoms with Gasteiger partial charge < -0.3 is 10.1 Å². The van der Waals surface area contributed by atoms with Crippen molar-refractivity contribution in [3.8, 4) is 0 Å². The smallest absolute Gasteiger partial charge is 0.234 e. The summed E-state index contributed by atoms with van der Waals surface area (Å²) in [6.45, 7) is 8.26. The number of nitrogens with one attached hydrogen (secondary N) is 1. The number of carbonyl (C=O) groups excluding carboxylic acids is 1. The molecule has 1 amide bonds. The highest BCUT2D eigenvalue weighted by Crippen LogP contribution is 2.22. The molecule has 0 bridgehead atoms. The van der Waals surface area contributed by atoms with Crippen LogP contribution in [-0.2, 0) is 9.53 Å². The van der Waals surface area contributed by atoms with Gasteiger partial charge in [0, 0.05) is 19.6 Å². The summed E-state index contributed by atoms with van der Waals surface area (Å²) in [7, 11) is 0. The Labute approximate surface area is 123 Å². The molecular weight excluding hydrogens is 252 g/mol. The first-order valence-electron chi connectivity index (χ1n) is 8.26. The lowest BCUT2D eigenvalue weighted by Crippen LogP contribution is -2.48. The first-order valence-corrected chi connectivity index (χ1v) is 8.26. The minimum Gasteiger partial charge on any atom is -0.375 e. The standard InChI is InChI=1S/C16H30N2O2/c1-13(2)15-11-18(8-9-20-15)12-16(19)17-10-14-6-4-3-5-7-14/h13-15H,3-12H2,1-2H3,(H,17,19). The lowest BCUT2D eigenvalue weighted by Gasteiger charge is -2.34. The van der Waals surface area contributed by atoms with E-state index in [2.05, 4.69) is 24.1 Å². The first-order chi connectivity index (χ1) is 9.65. The second-order valence-electron chi connectivity index (χ2n) is 6.70. The third-order valence-corrected chi connectivity index (χ3v) is 4.60. The van der Waals surface area contributed by atoms with E-state index in [0.717, 1.165) is 26.2 Å². The zero-order chi connectivity index (χ0) is 14.4. The fourth-order valence-electron chi connectivity index (χ4n) is 3.19. The van der Waals surface area contributed by atoms with Gasteiger partial charge in [0.1, 0.15) is 0 Å². The molecule has 1 saturated heterocycles. The zero-order valence-electron chi connectivity index (χ0n) is 13.1.